The van der Waals surface area contributed by atoms with Gasteiger partial charge in [-0.1, -0.05) is 25.6 Å². The van der Waals surface area contributed by atoms with Gasteiger partial charge in [0.05, 0.1) is 17.2 Å². The topological polar surface area (TPSA) is 72.9 Å². The Hall–Kier alpha value is -1.43. The van der Waals surface area contributed by atoms with Gasteiger partial charge in [-0.15, -0.1) is 0 Å². The molecular formula is C12H20N4OS. The second kappa shape index (κ2) is 7.10. The molecule has 1 amide bonds. The first-order chi connectivity index (χ1) is 8.54. The zero-order chi connectivity index (χ0) is 13.5. The highest BCUT2D eigenvalue weighted by molar-refractivity contribution is 7.80. The van der Waals surface area contributed by atoms with Crippen LogP contribution in [0.3, 0.4) is 0 Å². The lowest BCUT2D eigenvalue weighted by atomic mass is 10.0. The van der Waals surface area contributed by atoms with Crippen molar-refractivity contribution in [1.29, 1.82) is 0 Å². The summed E-state index contributed by atoms with van der Waals surface area (Å²) in [6.45, 7) is 4.63. The first-order valence-corrected chi connectivity index (χ1v) is 6.50. The van der Waals surface area contributed by atoms with Gasteiger partial charge in [0.15, 0.2) is 0 Å². The van der Waals surface area contributed by atoms with E-state index in [1.807, 2.05) is 24.6 Å². The van der Waals surface area contributed by atoms with E-state index < -0.39 is 0 Å². The molecule has 0 spiro atoms. The predicted octanol–water partition coefficient (Wildman–Crippen LogP) is 1.09. The van der Waals surface area contributed by atoms with Gasteiger partial charge in [-0.3, -0.25) is 4.79 Å². The molecule has 1 rings (SSSR count). The molecule has 6 heteroatoms. The van der Waals surface area contributed by atoms with Crippen LogP contribution in [0.5, 0.6) is 0 Å². The molecule has 0 saturated carbocycles. The SMILES string of the molecule is CCCC(C(=O)NC(C)Cn1ccnc1)C(N)=S. The lowest BCUT2D eigenvalue weighted by molar-refractivity contribution is -0.123. The number of carbonyl (C=O) groups excluding carboxylic acids is 1. The molecule has 1 aromatic rings. The Morgan fingerprint density at radius 1 is 1.61 bits per heavy atom. The molecule has 1 heterocycles. The van der Waals surface area contributed by atoms with Gasteiger partial charge in [0, 0.05) is 25.0 Å². The fourth-order valence-corrected chi connectivity index (χ4v) is 2.02. The molecule has 100 valence electrons. The molecule has 2 atom stereocenters. The number of imidazole rings is 1. The Balaban J connectivity index is 2.49. The number of hydrogen-bond acceptors (Lipinski definition) is 3. The molecule has 0 aliphatic carbocycles. The van der Waals surface area contributed by atoms with Crippen molar-refractivity contribution in [3.63, 3.8) is 0 Å². The van der Waals surface area contributed by atoms with Crippen LogP contribution in [0.2, 0.25) is 0 Å². The van der Waals surface area contributed by atoms with Gasteiger partial charge >= 0.3 is 0 Å². The molecule has 2 unspecified atom stereocenters. The van der Waals surface area contributed by atoms with Crippen LogP contribution < -0.4 is 11.1 Å². The minimum atomic E-state index is -0.366. The highest BCUT2D eigenvalue weighted by Crippen LogP contribution is 2.07. The van der Waals surface area contributed by atoms with E-state index in [0.29, 0.717) is 13.0 Å². The average molecular weight is 268 g/mol. The van der Waals surface area contributed by atoms with E-state index in [2.05, 4.69) is 10.3 Å². The molecule has 18 heavy (non-hydrogen) atoms. The maximum absolute atomic E-state index is 12.0. The van der Waals surface area contributed by atoms with Crippen molar-refractivity contribution in [2.24, 2.45) is 11.7 Å². The van der Waals surface area contributed by atoms with E-state index in [9.17, 15) is 4.79 Å². The van der Waals surface area contributed by atoms with Crippen LogP contribution in [-0.2, 0) is 11.3 Å². The van der Waals surface area contributed by atoms with Crippen LogP contribution in [0.15, 0.2) is 18.7 Å². The zero-order valence-electron chi connectivity index (χ0n) is 10.8. The molecule has 0 saturated heterocycles. The molecule has 0 bridgehead atoms. The largest absolute Gasteiger partial charge is 0.393 e. The first kappa shape index (κ1) is 14.6. The second-order valence-corrected chi connectivity index (χ2v) is 4.88. The quantitative estimate of drug-likeness (QED) is 0.726. The summed E-state index contributed by atoms with van der Waals surface area (Å²) in [5.74, 6) is -0.452. The average Bonchev–Trinajstić information content (AvgIpc) is 2.77. The molecule has 3 N–H and O–H groups in total. The van der Waals surface area contributed by atoms with E-state index in [4.69, 9.17) is 18.0 Å². The fraction of sp³-hybridized carbons (Fsp3) is 0.583. The standard InChI is InChI=1S/C12H20N4OS/c1-3-4-10(11(13)18)12(17)15-9(2)7-16-6-5-14-8-16/h5-6,8-10H,3-4,7H2,1-2H3,(H2,13,18)(H,15,17). The summed E-state index contributed by atoms with van der Waals surface area (Å²) in [5.41, 5.74) is 5.59. The number of thiocarbonyl (C=S) groups is 1. The van der Waals surface area contributed by atoms with Gasteiger partial charge in [-0.05, 0) is 13.3 Å². The molecule has 1 aromatic heterocycles. The molecular weight excluding hydrogens is 248 g/mol. The lowest BCUT2D eigenvalue weighted by Gasteiger charge is -2.19. The Kier molecular flexibility index (Phi) is 5.77. The molecule has 0 fully saturated rings. The number of carbonyl (C=O) groups is 1. The smallest absolute Gasteiger partial charge is 0.230 e. The third-order valence-corrected chi connectivity index (χ3v) is 2.95. The summed E-state index contributed by atoms with van der Waals surface area (Å²) in [6.07, 6.45) is 6.87. The minimum Gasteiger partial charge on any atom is -0.393 e. The van der Waals surface area contributed by atoms with Crippen molar-refractivity contribution in [2.75, 3.05) is 0 Å². The third kappa shape index (κ3) is 4.44. The van der Waals surface area contributed by atoms with Gasteiger partial charge < -0.3 is 15.6 Å². The van der Waals surface area contributed by atoms with Crippen molar-refractivity contribution in [3.05, 3.63) is 18.7 Å². The summed E-state index contributed by atoms with van der Waals surface area (Å²) in [4.78, 5) is 16.2. The molecule has 0 aromatic carbocycles. The lowest BCUT2D eigenvalue weighted by Crippen LogP contribution is -2.43. The number of rotatable bonds is 7. The van der Waals surface area contributed by atoms with E-state index in [1.165, 1.54) is 0 Å². The molecule has 0 aliphatic heterocycles. The Morgan fingerprint density at radius 3 is 2.83 bits per heavy atom. The minimum absolute atomic E-state index is 0.0143. The number of aromatic nitrogens is 2. The maximum Gasteiger partial charge on any atom is 0.230 e. The Bertz CT molecular complexity index is 391. The molecule has 5 nitrogen and oxygen atoms in total. The zero-order valence-corrected chi connectivity index (χ0v) is 11.6. The fourth-order valence-electron chi connectivity index (χ4n) is 1.79. The highest BCUT2D eigenvalue weighted by Gasteiger charge is 2.21. The summed E-state index contributed by atoms with van der Waals surface area (Å²) < 4.78 is 1.92. The number of nitrogens with two attached hydrogens (primary N) is 1. The summed E-state index contributed by atoms with van der Waals surface area (Å²) in [6, 6.07) is 0.0143. The van der Waals surface area contributed by atoms with Crippen LogP contribution in [0, 0.1) is 5.92 Å². The van der Waals surface area contributed by atoms with Crippen LogP contribution in [0.4, 0.5) is 0 Å². The molecule has 0 radical (unpaired) electrons. The van der Waals surface area contributed by atoms with E-state index >= 15 is 0 Å². The highest BCUT2D eigenvalue weighted by atomic mass is 32.1. The van der Waals surface area contributed by atoms with E-state index in [1.54, 1.807) is 12.5 Å². The maximum atomic E-state index is 12.0. The number of hydrogen-bond donors (Lipinski definition) is 2. The first-order valence-electron chi connectivity index (χ1n) is 6.10. The Labute approximate surface area is 113 Å². The predicted molar refractivity (Wildman–Crippen MR) is 75.0 cm³/mol. The summed E-state index contributed by atoms with van der Waals surface area (Å²) in [7, 11) is 0. The van der Waals surface area contributed by atoms with Gasteiger partial charge in [-0.2, -0.15) is 0 Å². The number of nitrogens with zero attached hydrogens (tertiary/aromatic N) is 2. The van der Waals surface area contributed by atoms with Crippen LogP contribution in [-0.4, -0.2) is 26.5 Å². The monoisotopic (exact) mass is 268 g/mol. The second-order valence-electron chi connectivity index (χ2n) is 4.41. The third-order valence-electron chi connectivity index (χ3n) is 2.67. The normalized spacial score (nSPS) is 13.9. The molecule has 0 aliphatic rings. The summed E-state index contributed by atoms with van der Waals surface area (Å²) in [5, 5.41) is 2.93. The van der Waals surface area contributed by atoms with Crippen molar-refractivity contribution in [2.45, 2.75) is 39.3 Å². The van der Waals surface area contributed by atoms with E-state index in [0.717, 1.165) is 6.42 Å². The number of nitrogens with one attached hydrogen (secondary N) is 1. The van der Waals surface area contributed by atoms with Gasteiger partial charge in [0.2, 0.25) is 5.91 Å². The number of amides is 1. The van der Waals surface area contributed by atoms with Crippen LogP contribution >= 0.6 is 12.2 Å². The van der Waals surface area contributed by atoms with Gasteiger partial charge in [0.1, 0.15) is 0 Å². The van der Waals surface area contributed by atoms with E-state index in [-0.39, 0.29) is 22.9 Å². The van der Waals surface area contributed by atoms with Crippen LogP contribution in [0.1, 0.15) is 26.7 Å². The van der Waals surface area contributed by atoms with Gasteiger partial charge in [-0.25, -0.2) is 4.98 Å². The van der Waals surface area contributed by atoms with Crippen LogP contribution in [0.25, 0.3) is 0 Å². The van der Waals surface area contributed by atoms with Crippen molar-refractivity contribution in [1.82, 2.24) is 14.9 Å². The van der Waals surface area contributed by atoms with Crippen molar-refractivity contribution >= 4 is 23.1 Å². The van der Waals surface area contributed by atoms with Gasteiger partial charge in [0.25, 0.3) is 0 Å². The van der Waals surface area contributed by atoms with Crippen molar-refractivity contribution in [3.8, 4) is 0 Å². The Morgan fingerprint density at radius 2 is 2.33 bits per heavy atom. The summed E-state index contributed by atoms with van der Waals surface area (Å²) >= 11 is 4.93. The van der Waals surface area contributed by atoms with Crippen molar-refractivity contribution < 1.29 is 4.79 Å².